The van der Waals surface area contributed by atoms with Gasteiger partial charge in [-0.25, -0.2) is 9.69 Å². The SMILES string of the molecule is CCC1(CC)C(=O)N(C)C(=O)NC1=[NH+]C. The number of nitrogens with one attached hydrogen (secondary N) is 2. The van der Waals surface area contributed by atoms with Crippen LogP contribution < -0.4 is 10.3 Å². The number of imide groups is 1. The fourth-order valence-corrected chi connectivity index (χ4v) is 2.04. The average Bonchev–Trinajstić information content (AvgIpc) is 2.26. The van der Waals surface area contributed by atoms with Crippen molar-refractivity contribution in [2.75, 3.05) is 14.1 Å². The Balaban J connectivity index is 3.21. The maximum Gasteiger partial charge on any atom is 0.415 e. The highest BCUT2D eigenvalue weighted by Gasteiger charge is 2.52. The van der Waals surface area contributed by atoms with E-state index >= 15 is 0 Å². The van der Waals surface area contributed by atoms with Crippen LogP contribution in [0.4, 0.5) is 4.79 Å². The quantitative estimate of drug-likeness (QED) is 0.622. The molecule has 1 heterocycles. The minimum atomic E-state index is -0.600. The summed E-state index contributed by atoms with van der Waals surface area (Å²) in [4.78, 5) is 27.6. The predicted molar refractivity (Wildman–Crippen MR) is 56.2 cm³/mol. The lowest BCUT2D eigenvalue weighted by atomic mass is 9.78. The number of amidine groups is 1. The van der Waals surface area contributed by atoms with E-state index < -0.39 is 5.41 Å². The molecule has 0 aliphatic carbocycles. The second-order valence-corrected chi connectivity index (χ2v) is 3.71. The van der Waals surface area contributed by atoms with Gasteiger partial charge in [-0.2, -0.15) is 5.32 Å². The van der Waals surface area contributed by atoms with Gasteiger partial charge < -0.3 is 0 Å². The summed E-state index contributed by atoms with van der Waals surface area (Å²) in [7, 11) is 3.22. The van der Waals surface area contributed by atoms with Crippen LogP contribution in [-0.4, -0.2) is 36.8 Å². The van der Waals surface area contributed by atoms with E-state index in [0.29, 0.717) is 18.7 Å². The first kappa shape index (κ1) is 11.7. The zero-order valence-corrected chi connectivity index (χ0v) is 9.68. The maximum atomic E-state index is 12.1. The molecular weight excluding hydrogens is 194 g/mol. The normalized spacial score (nSPS) is 23.2. The molecule has 0 bridgehead atoms. The number of carbonyl (C=O) groups is 2. The molecule has 0 aromatic rings. The Morgan fingerprint density at radius 1 is 1.33 bits per heavy atom. The summed E-state index contributed by atoms with van der Waals surface area (Å²) in [5, 5.41) is 2.71. The van der Waals surface area contributed by atoms with Crippen molar-refractivity contribution < 1.29 is 14.6 Å². The molecule has 1 saturated heterocycles. The van der Waals surface area contributed by atoms with E-state index in [0.717, 1.165) is 4.90 Å². The Kier molecular flexibility index (Phi) is 3.12. The third-order valence-corrected chi connectivity index (χ3v) is 3.19. The minimum absolute atomic E-state index is 0.138. The zero-order valence-electron chi connectivity index (χ0n) is 9.68. The van der Waals surface area contributed by atoms with Gasteiger partial charge in [0.2, 0.25) is 5.91 Å². The fourth-order valence-electron chi connectivity index (χ4n) is 2.04. The van der Waals surface area contributed by atoms with Gasteiger partial charge in [-0.3, -0.25) is 9.79 Å². The molecule has 0 saturated carbocycles. The van der Waals surface area contributed by atoms with E-state index in [-0.39, 0.29) is 11.9 Å². The number of carbonyl (C=O) groups excluding carboxylic acids is 2. The average molecular weight is 212 g/mol. The van der Waals surface area contributed by atoms with Crippen molar-refractivity contribution in [3.8, 4) is 0 Å². The van der Waals surface area contributed by atoms with Crippen molar-refractivity contribution in [2.24, 2.45) is 5.41 Å². The van der Waals surface area contributed by atoms with Crippen molar-refractivity contribution in [1.29, 1.82) is 0 Å². The van der Waals surface area contributed by atoms with Crippen molar-refractivity contribution in [3.05, 3.63) is 0 Å². The second kappa shape index (κ2) is 4.00. The van der Waals surface area contributed by atoms with E-state index in [4.69, 9.17) is 0 Å². The molecule has 0 unspecified atom stereocenters. The monoisotopic (exact) mass is 212 g/mol. The maximum absolute atomic E-state index is 12.1. The zero-order chi connectivity index (χ0) is 11.6. The van der Waals surface area contributed by atoms with E-state index in [9.17, 15) is 9.59 Å². The topological polar surface area (TPSA) is 63.4 Å². The summed E-state index contributed by atoms with van der Waals surface area (Å²) >= 11 is 0. The number of hydrogen-bond acceptors (Lipinski definition) is 2. The number of urea groups is 1. The van der Waals surface area contributed by atoms with Crippen molar-refractivity contribution in [3.63, 3.8) is 0 Å². The molecule has 0 spiro atoms. The van der Waals surface area contributed by atoms with Gasteiger partial charge >= 0.3 is 6.03 Å². The van der Waals surface area contributed by atoms with Gasteiger partial charge in [-0.05, 0) is 12.8 Å². The highest BCUT2D eigenvalue weighted by Crippen LogP contribution is 2.30. The van der Waals surface area contributed by atoms with Gasteiger partial charge in [0.25, 0.3) is 5.84 Å². The molecule has 1 fully saturated rings. The summed E-state index contributed by atoms with van der Waals surface area (Å²) in [5.74, 6) is 0.473. The molecule has 15 heavy (non-hydrogen) atoms. The highest BCUT2D eigenvalue weighted by atomic mass is 16.2. The van der Waals surface area contributed by atoms with Crippen LogP contribution in [0.3, 0.4) is 0 Å². The number of amides is 3. The Morgan fingerprint density at radius 3 is 2.27 bits per heavy atom. The van der Waals surface area contributed by atoms with E-state index in [1.165, 1.54) is 7.05 Å². The van der Waals surface area contributed by atoms with E-state index in [1.807, 2.05) is 13.8 Å². The van der Waals surface area contributed by atoms with Crippen molar-refractivity contribution in [1.82, 2.24) is 10.2 Å². The minimum Gasteiger partial charge on any atom is -0.280 e. The molecule has 0 aromatic carbocycles. The van der Waals surface area contributed by atoms with Gasteiger partial charge in [-0.1, -0.05) is 13.8 Å². The number of rotatable bonds is 2. The van der Waals surface area contributed by atoms with Gasteiger partial charge in [0.15, 0.2) is 0 Å². The Bertz CT molecular complexity index is 319. The van der Waals surface area contributed by atoms with Gasteiger partial charge in [0.1, 0.15) is 5.41 Å². The Morgan fingerprint density at radius 2 is 1.87 bits per heavy atom. The molecule has 0 atom stereocenters. The Labute approximate surface area is 89.5 Å². The van der Waals surface area contributed by atoms with Crippen LogP contribution in [0.5, 0.6) is 0 Å². The summed E-state index contributed by atoms with van der Waals surface area (Å²) in [6.07, 6.45) is 1.34. The fraction of sp³-hybridized carbons (Fsp3) is 0.700. The van der Waals surface area contributed by atoms with Crippen LogP contribution in [0.15, 0.2) is 0 Å². The van der Waals surface area contributed by atoms with E-state index in [2.05, 4.69) is 10.3 Å². The highest BCUT2D eigenvalue weighted by molar-refractivity contribution is 6.18. The lowest BCUT2D eigenvalue weighted by Gasteiger charge is -2.34. The number of nitrogens with zero attached hydrogens (tertiary/aromatic N) is 1. The summed E-state index contributed by atoms with van der Waals surface area (Å²) in [6.45, 7) is 3.90. The second-order valence-electron chi connectivity index (χ2n) is 3.71. The largest absolute Gasteiger partial charge is 0.415 e. The molecule has 5 heteroatoms. The van der Waals surface area contributed by atoms with Crippen LogP contribution in [0, 0.1) is 5.41 Å². The molecule has 1 aliphatic heterocycles. The standard InChI is InChI=1S/C10H17N3O2/c1-5-10(6-2)7(11-3)12-9(15)13(4)8(10)14/h5-6H2,1-4H3,(H,11,12,15)/p+1. The van der Waals surface area contributed by atoms with Crippen molar-refractivity contribution >= 4 is 17.8 Å². The molecule has 0 aromatic heterocycles. The molecule has 84 valence electrons. The van der Waals surface area contributed by atoms with Gasteiger partial charge in [0.05, 0.1) is 7.05 Å². The molecule has 2 N–H and O–H groups in total. The lowest BCUT2D eigenvalue weighted by molar-refractivity contribution is -0.427. The van der Waals surface area contributed by atoms with Crippen LogP contribution in [0.2, 0.25) is 0 Å². The third-order valence-electron chi connectivity index (χ3n) is 3.19. The molecule has 1 aliphatic rings. The first-order valence-electron chi connectivity index (χ1n) is 5.17. The smallest absolute Gasteiger partial charge is 0.280 e. The Hall–Kier alpha value is -1.39. The third kappa shape index (κ3) is 1.52. The molecule has 0 radical (unpaired) electrons. The van der Waals surface area contributed by atoms with Crippen molar-refractivity contribution in [2.45, 2.75) is 26.7 Å². The predicted octanol–water partition coefficient (Wildman–Crippen LogP) is -0.917. The summed E-state index contributed by atoms with van der Waals surface area (Å²) < 4.78 is 0. The molecule has 1 rings (SSSR count). The van der Waals surface area contributed by atoms with Crippen LogP contribution >= 0.6 is 0 Å². The van der Waals surface area contributed by atoms with Crippen LogP contribution in [0.1, 0.15) is 26.7 Å². The molecular formula is C10H18N3O2+. The number of hydrogen-bond donors (Lipinski definition) is 2. The summed E-state index contributed by atoms with van der Waals surface area (Å²) in [6, 6.07) is -0.373. The van der Waals surface area contributed by atoms with Crippen LogP contribution in [0.25, 0.3) is 0 Å². The first-order valence-corrected chi connectivity index (χ1v) is 5.17. The molecule has 3 amide bonds. The van der Waals surface area contributed by atoms with E-state index in [1.54, 1.807) is 7.05 Å². The van der Waals surface area contributed by atoms with Gasteiger partial charge in [-0.15, -0.1) is 0 Å². The van der Waals surface area contributed by atoms with Crippen LogP contribution in [-0.2, 0) is 4.79 Å². The summed E-state index contributed by atoms with van der Waals surface area (Å²) in [5.41, 5.74) is -0.600. The van der Waals surface area contributed by atoms with Gasteiger partial charge in [0, 0.05) is 7.05 Å². The lowest BCUT2D eigenvalue weighted by Crippen LogP contribution is -2.81. The molecule has 5 nitrogen and oxygen atoms in total. The first-order chi connectivity index (χ1) is 7.03.